The molecule has 0 saturated carbocycles. The van der Waals surface area contributed by atoms with E-state index < -0.39 is 11.8 Å². The van der Waals surface area contributed by atoms with E-state index in [0.717, 1.165) is 37.5 Å². The van der Waals surface area contributed by atoms with Crippen LogP contribution in [0.5, 0.6) is 5.75 Å². The zero-order chi connectivity index (χ0) is 18.5. The Morgan fingerprint density at radius 3 is 2.92 bits per heavy atom. The van der Waals surface area contributed by atoms with E-state index >= 15 is 0 Å². The Labute approximate surface area is 151 Å². The average Bonchev–Trinajstić information content (AvgIpc) is 2.88. The number of hydrogen-bond donors (Lipinski definition) is 2. The summed E-state index contributed by atoms with van der Waals surface area (Å²) in [4.78, 5) is 12.3. The van der Waals surface area contributed by atoms with Crippen molar-refractivity contribution in [1.29, 1.82) is 0 Å². The number of urea groups is 1. The smallest absolute Gasteiger partial charge is 0.319 e. The molecule has 0 spiro atoms. The van der Waals surface area contributed by atoms with Crippen molar-refractivity contribution in [2.45, 2.75) is 51.6 Å². The Bertz CT molecular complexity index is 777. The van der Waals surface area contributed by atoms with Crippen LogP contribution >= 0.6 is 0 Å². The lowest BCUT2D eigenvalue weighted by Gasteiger charge is -2.18. The number of fused-ring (bicyclic) bond motifs is 1. The average molecular weight is 361 g/mol. The third-order valence-corrected chi connectivity index (χ3v) is 4.57. The van der Waals surface area contributed by atoms with Gasteiger partial charge in [-0.3, -0.25) is 0 Å². The van der Waals surface area contributed by atoms with Gasteiger partial charge in [-0.05, 0) is 31.4 Å². The first-order valence-corrected chi connectivity index (χ1v) is 8.95. The number of benzene rings is 1. The second-order valence-corrected chi connectivity index (χ2v) is 6.35. The zero-order valence-electron chi connectivity index (χ0n) is 15.1. The van der Waals surface area contributed by atoms with Gasteiger partial charge in [0.25, 0.3) is 0 Å². The summed E-state index contributed by atoms with van der Waals surface area (Å²) in [6.45, 7) is 2.86. The monoisotopic (exact) mass is 361 g/mol. The molecule has 0 fully saturated rings. The molecule has 0 radical (unpaired) electrons. The molecule has 1 aromatic carbocycles. The van der Waals surface area contributed by atoms with Crippen molar-refractivity contribution >= 4 is 11.7 Å². The summed E-state index contributed by atoms with van der Waals surface area (Å²) in [7, 11) is 1.39. The van der Waals surface area contributed by atoms with Gasteiger partial charge in [0.2, 0.25) is 0 Å². The number of nitrogens with one attached hydrogen (secondary N) is 2. The molecule has 8 heteroatoms. The van der Waals surface area contributed by atoms with Crippen LogP contribution in [0, 0.1) is 5.82 Å². The Morgan fingerprint density at radius 2 is 2.19 bits per heavy atom. The molecule has 2 heterocycles. The number of carbonyl (C=O) groups is 1. The molecular weight excluding hydrogens is 337 g/mol. The molecule has 26 heavy (non-hydrogen) atoms. The molecule has 140 valence electrons. The maximum Gasteiger partial charge on any atom is 0.319 e. The summed E-state index contributed by atoms with van der Waals surface area (Å²) in [5.41, 5.74) is 0.357. The SMILES string of the molecule is CC[C@@H](NC(=O)Nc1ccc(OC)c(F)c1)c1nnc2n1CCCCC2. The van der Waals surface area contributed by atoms with Crippen LogP contribution < -0.4 is 15.4 Å². The van der Waals surface area contributed by atoms with Crippen LogP contribution in [0.2, 0.25) is 0 Å². The maximum atomic E-state index is 13.8. The largest absolute Gasteiger partial charge is 0.494 e. The minimum atomic E-state index is -0.528. The van der Waals surface area contributed by atoms with Gasteiger partial charge >= 0.3 is 6.03 Å². The number of carbonyl (C=O) groups excluding carboxylic acids is 1. The quantitative estimate of drug-likeness (QED) is 0.855. The number of nitrogens with zero attached hydrogens (tertiary/aromatic N) is 3. The maximum absolute atomic E-state index is 13.8. The van der Waals surface area contributed by atoms with Crippen LogP contribution in [0.15, 0.2) is 18.2 Å². The lowest BCUT2D eigenvalue weighted by molar-refractivity contribution is 0.247. The van der Waals surface area contributed by atoms with Crippen LogP contribution in [0.25, 0.3) is 0 Å². The second-order valence-electron chi connectivity index (χ2n) is 6.35. The number of methoxy groups -OCH3 is 1. The van der Waals surface area contributed by atoms with Gasteiger partial charge in [0.1, 0.15) is 5.82 Å². The fraction of sp³-hybridized carbons (Fsp3) is 0.500. The van der Waals surface area contributed by atoms with E-state index in [1.807, 2.05) is 6.92 Å². The molecule has 0 unspecified atom stereocenters. The van der Waals surface area contributed by atoms with Gasteiger partial charge in [0, 0.05) is 24.7 Å². The number of aromatic nitrogens is 3. The first kappa shape index (κ1) is 18.2. The molecule has 0 aliphatic carbocycles. The Hall–Kier alpha value is -2.64. The van der Waals surface area contributed by atoms with E-state index in [0.29, 0.717) is 12.1 Å². The lowest BCUT2D eigenvalue weighted by atomic mass is 10.2. The first-order chi connectivity index (χ1) is 12.6. The van der Waals surface area contributed by atoms with E-state index in [2.05, 4.69) is 25.4 Å². The molecule has 1 atom stereocenters. The molecule has 0 saturated heterocycles. The highest BCUT2D eigenvalue weighted by atomic mass is 19.1. The van der Waals surface area contributed by atoms with Crippen molar-refractivity contribution in [3.63, 3.8) is 0 Å². The summed E-state index contributed by atoms with van der Waals surface area (Å²) >= 11 is 0. The third kappa shape index (κ3) is 3.95. The van der Waals surface area contributed by atoms with E-state index in [9.17, 15) is 9.18 Å². The fourth-order valence-electron chi connectivity index (χ4n) is 3.18. The van der Waals surface area contributed by atoms with Gasteiger partial charge < -0.3 is 19.9 Å². The highest BCUT2D eigenvalue weighted by Gasteiger charge is 2.22. The van der Waals surface area contributed by atoms with Gasteiger partial charge in [-0.2, -0.15) is 0 Å². The van der Waals surface area contributed by atoms with Gasteiger partial charge in [-0.15, -0.1) is 10.2 Å². The predicted octanol–water partition coefficient (Wildman–Crippen LogP) is 3.43. The summed E-state index contributed by atoms with van der Waals surface area (Å²) in [5.74, 6) is 1.37. The second kappa shape index (κ2) is 8.16. The number of amides is 2. The van der Waals surface area contributed by atoms with Crippen molar-refractivity contribution in [3.8, 4) is 5.75 Å². The molecule has 2 N–H and O–H groups in total. The molecule has 7 nitrogen and oxygen atoms in total. The molecule has 1 aliphatic heterocycles. The van der Waals surface area contributed by atoms with Crippen molar-refractivity contribution in [2.24, 2.45) is 0 Å². The highest BCUT2D eigenvalue weighted by Crippen LogP contribution is 2.22. The molecule has 0 bridgehead atoms. The number of halogens is 1. The van der Waals surface area contributed by atoms with E-state index in [1.54, 1.807) is 6.07 Å². The van der Waals surface area contributed by atoms with Crippen molar-refractivity contribution < 1.29 is 13.9 Å². The Morgan fingerprint density at radius 1 is 1.35 bits per heavy atom. The summed E-state index contributed by atoms with van der Waals surface area (Å²) < 4.78 is 20.8. The minimum Gasteiger partial charge on any atom is -0.494 e. The molecule has 1 aromatic heterocycles. The molecule has 1 aliphatic rings. The van der Waals surface area contributed by atoms with Crippen molar-refractivity contribution in [3.05, 3.63) is 35.7 Å². The van der Waals surface area contributed by atoms with Crippen molar-refractivity contribution in [1.82, 2.24) is 20.1 Å². The summed E-state index contributed by atoms with van der Waals surface area (Å²) in [6.07, 6.45) is 4.98. The summed E-state index contributed by atoms with van der Waals surface area (Å²) in [5, 5.41) is 14.1. The normalized spacial score (nSPS) is 14.9. The van der Waals surface area contributed by atoms with Crippen LogP contribution in [0.3, 0.4) is 0 Å². The van der Waals surface area contributed by atoms with Crippen LogP contribution in [-0.4, -0.2) is 27.9 Å². The Balaban J connectivity index is 1.69. The number of anilines is 1. The van der Waals surface area contributed by atoms with Crippen molar-refractivity contribution in [2.75, 3.05) is 12.4 Å². The number of rotatable bonds is 5. The van der Waals surface area contributed by atoms with E-state index in [1.165, 1.54) is 25.7 Å². The Kier molecular flexibility index (Phi) is 5.70. The van der Waals surface area contributed by atoms with E-state index in [-0.39, 0.29) is 11.8 Å². The number of ether oxygens (including phenoxy) is 1. The molecular formula is C18H24FN5O2. The minimum absolute atomic E-state index is 0.133. The first-order valence-electron chi connectivity index (χ1n) is 8.95. The predicted molar refractivity (Wildman–Crippen MR) is 95.7 cm³/mol. The van der Waals surface area contributed by atoms with Crippen LogP contribution in [0.4, 0.5) is 14.9 Å². The third-order valence-electron chi connectivity index (χ3n) is 4.57. The zero-order valence-corrected chi connectivity index (χ0v) is 15.1. The lowest BCUT2D eigenvalue weighted by Crippen LogP contribution is -2.34. The fourth-order valence-corrected chi connectivity index (χ4v) is 3.18. The molecule has 2 aromatic rings. The topological polar surface area (TPSA) is 81.1 Å². The van der Waals surface area contributed by atoms with Crippen LogP contribution in [-0.2, 0) is 13.0 Å². The highest BCUT2D eigenvalue weighted by molar-refractivity contribution is 5.89. The van der Waals surface area contributed by atoms with Gasteiger partial charge in [0.05, 0.1) is 13.2 Å². The number of aryl methyl sites for hydroxylation is 1. The molecule has 3 rings (SSSR count). The van der Waals surface area contributed by atoms with Gasteiger partial charge in [-0.25, -0.2) is 9.18 Å². The van der Waals surface area contributed by atoms with Crippen LogP contribution in [0.1, 0.15) is 50.3 Å². The van der Waals surface area contributed by atoms with Gasteiger partial charge in [-0.1, -0.05) is 13.3 Å². The number of hydrogen-bond acceptors (Lipinski definition) is 4. The summed E-state index contributed by atoms with van der Waals surface area (Å²) in [6, 6.07) is 3.62. The molecule has 2 amide bonds. The standard InChI is InChI=1S/C18H24FN5O2/c1-3-14(17-23-22-16-7-5-4-6-10-24(16)17)21-18(25)20-12-8-9-15(26-2)13(19)11-12/h8-9,11,14H,3-7,10H2,1-2H3,(H2,20,21,25)/t14-/m1/s1. The van der Waals surface area contributed by atoms with Gasteiger partial charge in [0.15, 0.2) is 17.4 Å². The van der Waals surface area contributed by atoms with E-state index in [4.69, 9.17) is 4.74 Å².